The molecule has 1 unspecified atom stereocenters. The number of nitrogen functional groups attached to an aromatic ring is 1. The van der Waals surface area contributed by atoms with Gasteiger partial charge in [0.05, 0.1) is 11.4 Å². The molecule has 3 aromatic rings. The zero-order valence-corrected chi connectivity index (χ0v) is 15.4. The van der Waals surface area contributed by atoms with Crippen LogP contribution in [0, 0.1) is 17.2 Å². The lowest BCUT2D eigenvalue weighted by Gasteiger charge is -2.18. The molecule has 7 nitrogen and oxygen atoms in total. The summed E-state index contributed by atoms with van der Waals surface area (Å²) in [6.07, 6.45) is 4.71. The Hall–Kier alpha value is -3.40. The highest BCUT2D eigenvalue weighted by atomic mass is 15.2. The zero-order valence-electron chi connectivity index (χ0n) is 15.4. The van der Waals surface area contributed by atoms with Gasteiger partial charge in [-0.05, 0) is 30.5 Å². The molecule has 0 aliphatic carbocycles. The molecule has 4 heterocycles. The van der Waals surface area contributed by atoms with Crippen molar-refractivity contribution in [3.63, 3.8) is 0 Å². The number of pyridine rings is 2. The molecular formula is C20H21N7. The minimum atomic E-state index is 0.340. The van der Waals surface area contributed by atoms with Crippen LogP contribution in [0.3, 0.4) is 0 Å². The van der Waals surface area contributed by atoms with Gasteiger partial charge in [0.1, 0.15) is 28.8 Å². The molecular weight excluding hydrogens is 338 g/mol. The summed E-state index contributed by atoms with van der Waals surface area (Å²) in [6, 6.07) is 9.69. The van der Waals surface area contributed by atoms with Crippen LogP contribution in [0.1, 0.15) is 18.9 Å². The summed E-state index contributed by atoms with van der Waals surface area (Å²) in [4.78, 5) is 16.1. The minimum Gasteiger partial charge on any atom is -0.398 e. The van der Waals surface area contributed by atoms with E-state index in [4.69, 9.17) is 15.7 Å². The summed E-state index contributed by atoms with van der Waals surface area (Å²) in [5.74, 6) is 2.26. The Balaban J connectivity index is 1.82. The standard InChI is InChI=1S/C20H21N7/c1-13-6-8-27(12-13)18-5-3-4-16(24-18)19-14(11-21)15(22)10-17(25-19)20-23-7-9-26(20)2/h3-5,7,9-10,13H,6,8,12H2,1-2H3,(H2,22,25). The molecule has 1 atom stereocenters. The van der Waals surface area contributed by atoms with Gasteiger partial charge in [0.15, 0.2) is 5.82 Å². The van der Waals surface area contributed by atoms with E-state index in [0.717, 1.165) is 25.3 Å². The normalized spacial score (nSPS) is 16.5. The first-order valence-corrected chi connectivity index (χ1v) is 8.97. The SMILES string of the molecule is CC1CCN(c2cccc(-c3nc(-c4nccn4C)cc(N)c3C#N)n2)C1. The first kappa shape index (κ1) is 17.0. The number of hydrogen-bond acceptors (Lipinski definition) is 6. The van der Waals surface area contributed by atoms with Crippen LogP contribution in [-0.2, 0) is 7.05 Å². The van der Waals surface area contributed by atoms with Gasteiger partial charge in [-0.1, -0.05) is 13.0 Å². The third-order valence-electron chi connectivity index (χ3n) is 4.94. The molecule has 4 rings (SSSR count). The van der Waals surface area contributed by atoms with Crippen LogP contribution in [0.2, 0.25) is 0 Å². The Morgan fingerprint density at radius 3 is 2.78 bits per heavy atom. The zero-order chi connectivity index (χ0) is 19.0. The number of rotatable bonds is 3. The van der Waals surface area contributed by atoms with Crippen molar-refractivity contribution in [1.29, 1.82) is 5.26 Å². The van der Waals surface area contributed by atoms with Crippen molar-refractivity contribution in [3.8, 4) is 29.0 Å². The van der Waals surface area contributed by atoms with Crippen LogP contribution in [0.4, 0.5) is 11.5 Å². The van der Waals surface area contributed by atoms with Gasteiger partial charge < -0.3 is 15.2 Å². The third kappa shape index (κ3) is 3.10. The summed E-state index contributed by atoms with van der Waals surface area (Å²) in [5, 5.41) is 9.62. The quantitative estimate of drug-likeness (QED) is 0.772. The lowest BCUT2D eigenvalue weighted by molar-refractivity contribution is 0.659. The lowest BCUT2D eigenvalue weighted by Crippen LogP contribution is -2.20. The summed E-state index contributed by atoms with van der Waals surface area (Å²) in [6.45, 7) is 4.23. The molecule has 0 radical (unpaired) electrons. The molecule has 0 spiro atoms. The van der Waals surface area contributed by atoms with Gasteiger partial charge in [0.25, 0.3) is 0 Å². The summed E-state index contributed by atoms with van der Waals surface area (Å²) in [7, 11) is 1.89. The van der Waals surface area contributed by atoms with E-state index in [-0.39, 0.29) is 0 Å². The maximum Gasteiger partial charge on any atom is 0.158 e. The van der Waals surface area contributed by atoms with Gasteiger partial charge in [-0.2, -0.15) is 5.26 Å². The second-order valence-corrected chi connectivity index (χ2v) is 7.01. The van der Waals surface area contributed by atoms with Crippen molar-refractivity contribution in [1.82, 2.24) is 19.5 Å². The van der Waals surface area contributed by atoms with Gasteiger partial charge in [-0.15, -0.1) is 0 Å². The number of anilines is 2. The van der Waals surface area contributed by atoms with Gasteiger partial charge in [-0.25, -0.2) is 15.0 Å². The molecule has 136 valence electrons. The largest absolute Gasteiger partial charge is 0.398 e. The summed E-state index contributed by atoms with van der Waals surface area (Å²) in [5.41, 5.74) is 8.64. The number of aromatic nitrogens is 4. The van der Waals surface area contributed by atoms with Crippen LogP contribution in [-0.4, -0.2) is 32.6 Å². The maximum atomic E-state index is 9.62. The van der Waals surface area contributed by atoms with Gasteiger partial charge in [-0.3, -0.25) is 0 Å². The third-order valence-corrected chi connectivity index (χ3v) is 4.94. The average molecular weight is 359 g/mol. The number of imidazole rings is 1. The number of hydrogen-bond donors (Lipinski definition) is 1. The maximum absolute atomic E-state index is 9.62. The number of nitriles is 1. The topological polar surface area (TPSA) is 96.6 Å². The van der Waals surface area contributed by atoms with Crippen molar-refractivity contribution in [2.45, 2.75) is 13.3 Å². The van der Waals surface area contributed by atoms with Crippen LogP contribution in [0.15, 0.2) is 36.7 Å². The van der Waals surface area contributed by atoms with Gasteiger partial charge >= 0.3 is 0 Å². The molecule has 27 heavy (non-hydrogen) atoms. The van der Waals surface area contributed by atoms with Crippen LogP contribution in [0.25, 0.3) is 22.9 Å². The molecule has 1 aliphatic rings. The van der Waals surface area contributed by atoms with Crippen LogP contribution >= 0.6 is 0 Å². The molecule has 1 fully saturated rings. The first-order valence-electron chi connectivity index (χ1n) is 8.97. The molecule has 0 saturated carbocycles. The molecule has 7 heteroatoms. The molecule has 0 bridgehead atoms. The average Bonchev–Trinajstić information content (AvgIpc) is 3.29. The Kier molecular flexibility index (Phi) is 4.24. The Bertz CT molecular complexity index is 1030. The van der Waals surface area contributed by atoms with E-state index < -0.39 is 0 Å². The fraction of sp³-hybridized carbons (Fsp3) is 0.300. The number of aryl methyl sites for hydroxylation is 1. The molecule has 2 N–H and O–H groups in total. The second kappa shape index (κ2) is 6.72. The van der Waals surface area contributed by atoms with E-state index >= 15 is 0 Å². The Labute approximate surface area is 158 Å². The lowest BCUT2D eigenvalue weighted by atomic mass is 10.1. The number of nitrogens with zero attached hydrogens (tertiary/aromatic N) is 6. The van der Waals surface area contributed by atoms with Crippen LogP contribution < -0.4 is 10.6 Å². The van der Waals surface area contributed by atoms with E-state index in [1.807, 2.05) is 36.0 Å². The molecule has 0 aromatic carbocycles. The second-order valence-electron chi connectivity index (χ2n) is 7.01. The summed E-state index contributed by atoms with van der Waals surface area (Å²) >= 11 is 0. The smallest absolute Gasteiger partial charge is 0.158 e. The van der Waals surface area contributed by atoms with Crippen molar-refractivity contribution in [3.05, 3.63) is 42.2 Å². The highest BCUT2D eigenvalue weighted by Gasteiger charge is 2.21. The van der Waals surface area contributed by atoms with Gasteiger partial charge in [0.2, 0.25) is 0 Å². The predicted molar refractivity (Wildman–Crippen MR) is 105 cm³/mol. The van der Waals surface area contributed by atoms with Crippen molar-refractivity contribution in [2.75, 3.05) is 23.7 Å². The van der Waals surface area contributed by atoms with Crippen molar-refractivity contribution < 1.29 is 0 Å². The van der Waals surface area contributed by atoms with E-state index in [9.17, 15) is 5.26 Å². The monoisotopic (exact) mass is 359 g/mol. The van der Waals surface area contributed by atoms with Crippen molar-refractivity contribution in [2.24, 2.45) is 13.0 Å². The van der Waals surface area contributed by atoms with Gasteiger partial charge in [0, 0.05) is 32.5 Å². The van der Waals surface area contributed by atoms with E-state index in [0.29, 0.717) is 40.1 Å². The highest BCUT2D eigenvalue weighted by Crippen LogP contribution is 2.30. The van der Waals surface area contributed by atoms with Crippen LogP contribution in [0.5, 0.6) is 0 Å². The molecule has 3 aromatic heterocycles. The molecule has 1 aliphatic heterocycles. The highest BCUT2D eigenvalue weighted by molar-refractivity contribution is 5.76. The fourth-order valence-corrected chi connectivity index (χ4v) is 3.47. The molecule has 1 saturated heterocycles. The van der Waals surface area contributed by atoms with Crippen molar-refractivity contribution >= 4 is 11.5 Å². The predicted octanol–water partition coefficient (Wildman–Crippen LogP) is 2.84. The van der Waals surface area contributed by atoms with E-state index in [1.54, 1.807) is 12.3 Å². The number of nitrogens with two attached hydrogens (primary N) is 1. The minimum absolute atomic E-state index is 0.340. The molecule has 0 amide bonds. The summed E-state index contributed by atoms with van der Waals surface area (Å²) < 4.78 is 1.87. The Morgan fingerprint density at radius 1 is 1.26 bits per heavy atom. The fourth-order valence-electron chi connectivity index (χ4n) is 3.47. The first-order chi connectivity index (χ1) is 13.1. The Morgan fingerprint density at radius 2 is 2.11 bits per heavy atom. The van der Waals surface area contributed by atoms with E-state index in [1.165, 1.54) is 0 Å². The van der Waals surface area contributed by atoms with E-state index in [2.05, 4.69) is 22.9 Å².